The lowest BCUT2D eigenvalue weighted by Crippen LogP contribution is -2.29. The fraction of sp³-hybridized carbons (Fsp3) is 0.643. The van der Waals surface area contributed by atoms with Gasteiger partial charge in [0, 0.05) is 44.1 Å². The highest BCUT2D eigenvalue weighted by atomic mass is 16.1. The predicted molar refractivity (Wildman–Crippen MR) is 72.4 cm³/mol. The summed E-state index contributed by atoms with van der Waals surface area (Å²) < 4.78 is 1.73. The fourth-order valence-corrected chi connectivity index (χ4v) is 3.49. The van der Waals surface area contributed by atoms with Crippen molar-refractivity contribution in [3.63, 3.8) is 0 Å². The number of aromatic nitrogens is 1. The monoisotopic (exact) mass is 247 g/mol. The van der Waals surface area contributed by atoms with E-state index >= 15 is 0 Å². The van der Waals surface area contributed by atoms with Gasteiger partial charge in [0.2, 0.25) is 0 Å². The van der Waals surface area contributed by atoms with Gasteiger partial charge in [0.25, 0.3) is 5.56 Å². The third-order valence-corrected chi connectivity index (χ3v) is 4.47. The standard InChI is InChI=1S/C14H21N3O/c15-13-4-5-14(18)17(10-13)7-6-16-8-11-2-1-3-12(11)9-16/h4-5,10-12H,1-3,6-9,15H2. The molecule has 1 aromatic rings. The molecular weight excluding hydrogens is 226 g/mol. The molecule has 0 amide bonds. The van der Waals surface area contributed by atoms with E-state index < -0.39 is 0 Å². The van der Waals surface area contributed by atoms with Gasteiger partial charge in [-0.15, -0.1) is 0 Å². The van der Waals surface area contributed by atoms with E-state index in [1.165, 1.54) is 32.4 Å². The summed E-state index contributed by atoms with van der Waals surface area (Å²) in [6, 6.07) is 3.22. The molecule has 2 N–H and O–H groups in total. The van der Waals surface area contributed by atoms with E-state index in [2.05, 4.69) is 4.90 Å². The van der Waals surface area contributed by atoms with E-state index in [4.69, 9.17) is 5.73 Å². The van der Waals surface area contributed by atoms with Crippen LogP contribution in [0.4, 0.5) is 5.69 Å². The third kappa shape index (κ3) is 2.29. The normalized spacial score (nSPS) is 27.6. The summed E-state index contributed by atoms with van der Waals surface area (Å²) in [7, 11) is 0. The van der Waals surface area contributed by atoms with E-state index in [9.17, 15) is 4.79 Å². The van der Waals surface area contributed by atoms with Crippen LogP contribution < -0.4 is 11.3 Å². The third-order valence-electron chi connectivity index (χ3n) is 4.47. The minimum atomic E-state index is 0.0450. The van der Waals surface area contributed by atoms with Gasteiger partial charge >= 0.3 is 0 Å². The van der Waals surface area contributed by atoms with Gasteiger partial charge in [-0.1, -0.05) is 6.42 Å². The molecule has 3 rings (SSSR count). The first-order valence-corrected chi connectivity index (χ1v) is 6.91. The Labute approximate surface area is 107 Å². The molecule has 1 aliphatic heterocycles. The molecule has 1 aromatic heterocycles. The van der Waals surface area contributed by atoms with Crippen LogP contribution in [0.1, 0.15) is 19.3 Å². The lowest BCUT2D eigenvalue weighted by molar-refractivity contribution is 0.296. The number of likely N-dealkylation sites (tertiary alicyclic amines) is 1. The van der Waals surface area contributed by atoms with Gasteiger partial charge in [-0.3, -0.25) is 4.79 Å². The minimum Gasteiger partial charge on any atom is -0.398 e. The van der Waals surface area contributed by atoms with E-state index in [0.717, 1.165) is 24.9 Å². The molecular formula is C14H21N3O. The molecule has 4 nitrogen and oxygen atoms in total. The van der Waals surface area contributed by atoms with Gasteiger partial charge < -0.3 is 15.2 Å². The number of pyridine rings is 1. The van der Waals surface area contributed by atoms with Crippen molar-refractivity contribution in [2.75, 3.05) is 25.4 Å². The second-order valence-electron chi connectivity index (χ2n) is 5.70. The number of nitrogens with zero attached hydrogens (tertiary/aromatic N) is 2. The molecule has 98 valence electrons. The number of hydrogen-bond donors (Lipinski definition) is 1. The summed E-state index contributed by atoms with van der Waals surface area (Å²) in [5.74, 6) is 1.84. The summed E-state index contributed by atoms with van der Waals surface area (Å²) in [5, 5.41) is 0. The summed E-state index contributed by atoms with van der Waals surface area (Å²) in [6.45, 7) is 4.17. The number of anilines is 1. The molecule has 4 heteroatoms. The Morgan fingerprint density at radius 2 is 1.89 bits per heavy atom. The van der Waals surface area contributed by atoms with Crippen molar-refractivity contribution < 1.29 is 0 Å². The van der Waals surface area contributed by atoms with Crippen LogP contribution in [0.15, 0.2) is 23.1 Å². The molecule has 2 aliphatic rings. The van der Waals surface area contributed by atoms with Crippen LogP contribution in [0.5, 0.6) is 0 Å². The first-order chi connectivity index (χ1) is 8.72. The summed E-state index contributed by atoms with van der Waals surface area (Å²) in [5.41, 5.74) is 6.42. The molecule has 1 aliphatic carbocycles. The number of nitrogens with two attached hydrogens (primary N) is 1. The Morgan fingerprint density at radius 3 is 2.61 bits per heavy atom. The van der Waals surface area contributed by atoms with Crippen molar-refractivity contribution in [2.45, 2.75) is 25.8 Å². The van der Waals surface area contributed by atoms with Gasteiger partial charge in [-0.05, 0) is 30.7 Å². The summed E-state index contributed by atoms with van der Waals surface area (Å²) in [4.78, 5) is 14.2. The highest BCUT2D eigenvalue weighted by molar-refractivity contribution is 5.33. The first kappa shape index (κ1) is 11.8. The fourth-order valence-electron chi connectivity index (χ4n) is 3.49. The minimum absolute atomic E-state index is 0.0450. The van der Waals surface area contributed by atoms with Crippen LogP contribution in [0.2, 0.25) is 0 Å². The van der Waals surface area contributed by atoms with Crippen LogP contribution >= 0.6 is 0 Å². The molecule has 0 spiro atoms. The number of hydrogen-bond acceptors (Lipinski definition) is 3. The molecule has 2 heterocycles. The topological polar surface area (TPSA) is 51.3 Å². The number of rotatable bonds is 3. The second-order valence-corrected chi connectivity index (χ2v) is 5.70. The average Bonchev–Trinajstić information content (AvgIpc) is 2.90. The lowest BCUT2D eigenvalue weighted by Gasteiger charge is -2.17. The lowest BCUT2D eigenvalue weighted by atomic mass is 10.0. The number of nitrogen functional groups attached to an aromatic ring is 1. The van der Waals surface area contributed by atoms with Crippen molar-refractivity contribution in [1.29, 1.82) is 0 Å². The first-order valence-electron chi connectivity index (χ1n) is 6.91. The molecule has 2 atom stereocenters. The average molecular weight is 247 g/mol. The molecule has 0 radical (unpaired) electrons. The Kier molecular flexibility index (Phi) is 3.12. The van der Waals surface area contributed by atoms with E-state index in [-0.39, 0.29) is 5.56 Å². The van der Waals surface area contributed by atoms with Gasteiger partial charge in [0.1, 0.15) is 0 Å². The van der Waals surface area contributed by atoms with Gasteiger partial charge in [0.15, 0.2) is 0 Å². The molecule has 1 saturated heterocycles. The van der Waals surface area contributed by atoms with Crippen LogP contribution in [0.25, 0.3) is 0 Å². The van der Waals surface area contributed by atoms with E-state index in [1.54, 1.807) is 22.9 Å². The zero-order valence-electron chi connectivity index (χ0n) is 10.7. The van der Waals surface area contributed by atoms with Crippen LogP contribution in [0, 0.1) is 11.8 Å². The maximum Gasteiger partial charge on any atom is 0.250 e. The highest BCUT2D eigenvalue weighted by Gasteiger charge is 2.35. The molecule has 0 aromatic carbocycles. The van der Waals surface area contributed by atoms with Gasteiger partial charge in [0.05, 0.1) is 0 Å². The summed E-state index contributed by atoms with van der Waals surface area (Å²) in [6.07, 6.45) is 5.97. The van der Waals surface area contributed by atoms with Crippen LogP contribution in [-0.4, -0.2) is 29.1 Å². The maximum absolute atomic E-state index is 11.7. The van der Waals surface area contributed by atoms with Crippen LogP contribution in [0.3, 0.4) is 0 Å². The van der Waals surface area contributed by atoms with Crippen molar-refractivity contribution >= 4 is 5.69 Å². The summed E-state index contributed by atoms with van der Waals surface area (Å²) >= 11 is 0. The SMILES string of the molecule is Nc1ccc(=O)n(CCN2CC3CCCC3C2)c1. The van der Waals surface area contributed by atoms with Crippen molar-refractivity contribution in [2.24, 2.45) is 11.8 Å². The highest BCUT2D eigenvalue weighted by Crippen LogP contribution is 2.37. The predicted octanol–water partition coefficient (Wildman–Crippen LogP) is 1.16. The molecule has 1 saturated carbocycles. The van der Waals surface area contributed by atoms with Crippen LogP contribution in [-0.2, 0) is 6.54 Å². The Balaban J connectivity index is 1.58. The smallest absolute Gasteiger partial charge is 0.250 e. The van der Waals surface area contributed by atoms with Gasteiger partial charge in [-0.2, -0.15) is 0 Å². The molecule has 2 fully saturated rings. The second kappa shape index (κ2) is 4.76. The molecule has 2 unspecified atom stereocenters. The molecule has 18 heavy (non-hydrogen) atoms. The Hall–Kier alpha value is -1.29. The van der Waals surface area contributed by atoms with Crippen molar-refractivity contribution in [3.05, 3.63) is 28.7 Å². The zero-order valence-corrected chi connectivity index (χ0v) is 10.7. The number of fused-ring (bicyclic) bond motifs is 1. The van der Waals surface area contributed by atoms with Gasteiger partial charge in [-0.25, -0.2) is 0 Å². The quantitative estimate of drug-likeness (QED) is 0.872. The zero-order chi connectivity index (χ0) is 12.5. The molecule has 0 bridgehead atoms. The maximum atomic E-state index is 11.7. The van der Waals surface area contributed by atoms with Crippen molar-refractivity contribution in [3.8, 4) is 0 Å². The Bertz CT molecular complexity index is 470. The van der Waals surface area contributed by atoms with E-state index in [1.807, 2.05) is 0 Å². The van der Waals surface area contributed by atoms with E-state index in [0.29, 0.717) is 5.69 Å². The van der Waals surface area contributed by atoms with Crippen molar-refractivity contribution in [1.82, 2.24) is 9.47 Å². The Morgan fingerprint density at radius 1 is 1.17 bits per heavy atom. The largest absolute Gasteiger partial charge is 0.398 e.